The number of H-pyrrole nitrogens is 1. The zero-order valence-electron chi connectivity index (χ0n) is 16.3. The van der Waals surface area contributed by atoms with E-state index in [1.54, 1.807) is 19.2 Å². The lowest BCUT2D eigenvalue weighted by Gasteiger charge is -2.47. The van der Waals surface area contributed by atoms with Gasteiger partial charge in [-0.15, -0.1) is 0 Å². The van der Waals surface area contributed by atoms with Gasteiger partial charge < -0.3 is 25.0 Å². The fraction of sp³-hybridized carbons (Fsp3) is 0.273. The number of aromatic hydroxyl groups is 1. The molecule has 1 fully saturated rings. The van der Waals surface area contributed by atoms with E-state index in [1.807, 2.05) is 30.5 Å². The van der Waals surface area contributed by atoms with E-state index >= 15 is 0 Å². The molecule has 0 unspecified atom stereocenters. The highest BCUT2D eigenvalue weighted by Gasteiger charge is 2.52. The first-order valence-corrected chi connectivity index (χ1v) is 9.41. The van der Waals surface area contributed by atoms with E-state index in [4.69, 9.17) is 0 Å². The maximum atomic E-state index is 13.1. The Morgan fingerprint density at radius 3 is 2.62 bits per heavy atom. The zero-order valence-corrected chi connectivity index (χ0v) is 16.3. The van der Waals surface area contributed by atoms with Crippen LogP contribution in [-0.4, -0.2) is 62.7 Å². The number of phenolic OH excluding ortho intramolecular Hbond substituents is 1. The van der Waals surface area contributed by atoms with Crippen LogP contribution in [0.15, 0.2) is 54.7 Å². The summed E-state index contributed by atoms with van der Waals surface area (Å²) in [6, 6.07) is 13.4. The van der Waals surface area contributed by atoms with E-state index in [1.165, 1.54) is 24.1 Å². The fourth-order valence-electron chi connectivity index (χ4n) is 4.02. The van der Waals surface area contributed by atoms with Crippen molar-refractivity contribution in [2.75, 3.05) is 14.1 Å². The van der Waals surface area contributed by atoms with Crippen LogP contribution >= 0.6 is 0 Å². The number of rotatable bonds is 4. The number of benzene rings is 2. The normalized spacial score (nSPS) is 22.5. The average Bonchev–Trinajstić information content (AvgIpc) is 3.12. The summed E-state index contributed by atoms with van der Waals surface area (Å²) in [5.41, 5.74) is 0.457. The van der Waals surface area contributed by atoms with Crippen LogP contribution in [-0.2, 0) is 22.4 Å². The van der Waals surface area contributed by atoms with Crippen LogP contribution in [0.5, 0.6) is 5.75 Å². The lowest BCUT2D eigenvalue weighted by atomic mass is 9.92. The minimum absolute atomic E-state index is 0.0360. The monoisotopic (exact) mass is 393 g/mol. The second-order valence-corrected chi connectivity index (χ2v) is 7.56. The van der Waals surface area contributed by atoms with Crippen LogP contribution in [0.1, 0.15) is 11.1 Å². The van der Waals surface area contributed by atoms with E-state index in [2.05, 4.69) is 4.98 Å². The summed E-state index contributed by atoms with van der Waals surface area (Å²) in [7, 11) is 2.98. The molecule has 1 aliphatic heterocycles. The molecule has 0 spiro atoms. The number of fused-ring (bicyclic) bond motifs is 1. The van der Waals surface area contributed by atoms with Gasteiger partial charge in [-0.3, -0.25) is 9.59 Å². The largest absolute Gasteiger partial charge is 0.508 e. The fourth-order valence-corrected chi connectivity index (χ4v) is 4.02. The minimum atomic E-state index is -2.00. The number of amides is 2. The molecule has 3 aromatic rings. The Bertz CT molecular complexity index is 1090. The summed E-state index contributed by atoms with van der Waals surface area (Å²) in [6.07, 6.45) is 2.09. The second-order valence-electron chi connectivity index (χ2n) is 7.56. The van der Waals surface area contributed by atoms with Gasteiger partial charge in [-0.25, -0.2) is 0 Å². The Morgan fingerprint density at radius 2 is 1.86 bits per heavy atom. The zero-order chi connectivity index (χ0) is 20.8. The summed E-state index contributed by atoms with van der Waals surface area (Å²) in [4.78, 5) is 31.9. The number of aromatic nitrogens is 1. The quantitative estimate of drug-likeness (QED) is 0.628. The van der Waals surface area contributed by atoms with Crippen LogP contribution in [0, 0.1) is 0 Å². The summed E-state index contributed by atoms with van der Waals surface area (Å²) in [5, 5.41) is 21.8. The second kappa shape index (κ2) is 6.93. The maximum absolute atomic E-state index is 13.1. The highest BCUT2D eigenvalue weighted by atomic mass is 16.3. The van der Waals surface area contributed by atoms with Crippen LogP contribution < -0.4 is 0 Å². The molecular weight excluding hydrogens is 370 g/mol. The number of aromatic amines is 1. The predicted octanol–water partition coefficient (Wildman–Crippen LogP) is 1.65. The summed E-state index contributed by atoms with van der Waals surface area (Å²) < 4.78 is 0. The maximum Gasteiger partial charge on any atom is 0.276 e. The number of likely N-dealkylation sites (N-methyl/N-ethyl adjacent to an activating group) is 2. The molecule has 0 radical (unpaired) electrons. The number of hydrogen-bond donors (Lipinski definition) is 3. The van der Waals surface area contributed by atoms with Gasteiger partial charge in [0.25, 0.3) is 5.91 Å². The Labute approximate surface area is 168 Å². The van der Waals surface area contributed by atoms with Gasteiger partial charge in [0.15, 0.2) is 0 Å². The first-order valence-electron chi connectivity index (χ1n) is 9.41. The van der Waals surface area contributed by atoms with Gasteiger partial charge in [-0.2, -0.15) is 0 Å². The third kappa shape index (κ3) is 3.13. The SMILES string of the molecule is CN1C(=O)[C@](O)(Cc2cccc(O)c2)N(C)C(=O)[C@@H]1Cc1c[nH]c2ccccc12. The van der Waals surface area contributed by atoms with E-state index in [0.29, 0.717) is 12.0 Å². The number of nitrogens with one attached hydrogen (secondary N) is 1. The van der Waals surface area contributed by atoms with Crippen molar-refractivity contribution in [3.8, 4) is 5.75 Å². The van der Waals surface area contributed by atoms with Crippen molar-refractivity contribution >= 4 is 22.7 Å². The van der Waals surface area contributed by atoms with Gasteiger partial charge in [0.2, 0.25) is 11.6 Å². The molecular formula is C22H23N3O4. The Hall–Kier alpha value is -3.32. The van der Waals surface area contributed by atoms with E-state index in [0.717, 1.165) is 21.4 Å². The van der Waals surface area contributed by atoms with Crippen LogP contribution in [0.3, 0.4) is 0 Å². The van der Waals surface area contributed by atoms with Gasteiger partial charge in [0, 0.05) is 44.0 Å². The van der Waals surface area contributed by atoms with Crippen molar-refractivity contribution in [1.82, 2.24) is 14.8 Å². The van der Waals surface area contributed by atoms with Crippen molar-refractivity contribution in [2.24, 2.45) is 0 Å². The molecule has 0 bridgehead atoms. The number of hydrogen-bond acceptors (Lipinski definition) is 4. The number of piperazine rings is 1. The molecule has 2 heterocycles. The molecule has 7 nitrogen and oxygen atoms in total. The van der Waals surface area contributed by atoms with Gasteiger partial charge in [0.05, 0.1) is 0 Å². The Balaban J connectivity index is 1.62. The van der Waals surface area contributed by atoms with Crippen molar-refractivity contribution in [2.45, 2.75) is 24.6 Å². The van der Waals surface area contributed by atoms with E-state index in [9.17, 15) is 19.8 Å². The topological polar surface area (TPSA) is 96.9 Å². The molecule has 150 valence electrons. The van der Waals surface area contributed by atoms with Gasteiger partial charge in [-0.1, -0.05) is 30.3 Å². The van der Waals surface area contributed by atoms with Crippen molar-refractivity contribution in [1.29, 1.82) is 0 Å². The third-order valence-electron chi connectivity index (χ3n) is 5.75. The predicted molar refractivity (Wildman–Crippen MR) is 108 cm³/mol. The first-order chi connectivity index (χ1) is 13.8. The van der Waals surface area contributed by atoms with Crippen LogP contribution in [0.4, 0.5) is 0 Å². The highest BCUT2D eigenvalue weighted by molar-refractivity contribution is 5.99. The molecule has 7 heteroatoms. The summed E-state index contributed by atoms with van der Waals surface area (Å²) in [5.74, 6) is -0.846. The lowest BCUT2D eigenvalue weighted by molar-refractivity contribution is -0.194. The molecule has 1 aliphatic rings. The molecule has 0 saturated carbocycles. The lowest BCUT2D eigenvalue weighted by Crippen LogP contribution is -2.70. The molecule has 2 atom stereocenters. The molecule has 1 aromatic heterocycles. The molecule has 29 heavy (non-hydrogen) atoms. The molecule has 2 amide bonds. The summed E-state index contributed by atoms with van der Waals surface area (Å²) in [6.45, 7) is 0. The molecule has 0 aliphatic carbocycles. The summed E-state index contributed by atoms with van der Waals surface area (Å²) >= 11 is 0. The number of carbonyl (C=O) groups excluding carboxylic acids is 2. The van der Waals surface area contributed by atoms with E-state index in [-0.39, 0.29) is 18.1 Å². The molecule has 2 aromatic carbocycles. The number of aliphatic hydroxyl groups is 1. The molecule has 4 rings (SSSR count). The molecule has 1 saturated heterocycles. The van der Waals surface area contributed by atoms with Gasteiger partial charge in [0.1, 0.15) is 11.8 Å². The van der Waals surface area contributed by atoms with E-state index < -0.39 is 17.7 Å². The first kappa shape index (κ1) is 19.0. The average molecular weight is 393 g/mol. The van der Waals surface area contributed by atoms with Crippen LogP contribution in [0.25, 0.3) is 10.9 Å². The van der Waals surface area contributed by atoms with Gasteiger partial charge >= 0.3 is 0 Å². The number of carbonyl (C=O) groups is 2. The van der Waals surface area contributed by atoms with Crippen LogP contribution in [0.2, 0.25) is 0 Å². The number of para-hydroxylation sites is 1. The third-order valence-corrected chi connectivity index (χ3v) is 5.75. The van der Waals surface area contributed by atoms with Crippen molar-refractivity contribution in [3.05, 3.63) is 65.9 Å². The number of phenols is 1. The Kier molecular flexibility index (Phi) is 4.55. The Morgan fingerprint density at radius 1 is 1.10 bits per heavy atom. The number of nitrogens with zero attached hydrogens (tertiary/aromatic N) is 2. The van der Waals surface area contributed by atoms with Crippen molar-refractivity contribution in [3.63, 3.8) is 0 Å². The standard InChI is InChI=1S/C22H23N3O4/c1-24-19(11-15-13-23-18-9-4-3-8-17(15)18)20(27)25(2)22(29,21(24)28)12-14-6-5-7-16(26)10-14/h3-10,13,19,23,26,29H,11-12H2,1-2H3/t19-,22+/m0/s1. The van der Waals surface area contributed by atoms with Gasteiger partial charge in [-0.05, 0) is 29.3 Å². The molecule has 3 N–H and O–H groups in total. The van der Waals surface area contributed by atoms with Crippen molar-refractivity contribution < 1.29 is 19.8 Å². The minimum Gasteiger partial charge on any atom is -0.508 e. The highest BCUT2D eigenvalue weighted by Crippen LogP contribution is 2.30. The smallest absolute Gasteiger partial charge is 0.276 e.